The molecule has 0 N–H and O–H groups in total. The molecule has 3 saturated carbocycles. The van der Waals surface area contributed by atoms with Crippen molar-refractivity contribution in [3.8, 4) is 0 Å². The van der Waals surface area contributed by atoms with E-state index in [1.807, 2.05) is 0 Å². The van der Waals surface area contributed by atoms with E-state index in [4.69, 9.17) is 0 Å². The van der Waals surface area contributed by atoms with Gasteiger partial charge >= 0.3 is 123 Å². The van der Waals surface area contributed by atoms with E-state index < -0.39 is 13.3 Å². The standard InChI is InChI=1S/C18H34Ge/c1-19(18-14-8-9-15-18,16-10-4-2-5-11-16)17-12-6-3-7-13-17/h16-18H,2-15H2,1H3. The Bertz CT molecular complexity index is 249. The van der Waals surface area contributed by atoms with Crippen LogP contribution in [-0.4, -0.2) is 13.3 Å². The summed E-state index contributed by atoms with van der Waals surface area (Å²) in [5, 5.41) is 0. The first-order valence-corrected chi connectivity index (χ1v) is 15.0. The summed E-state index contributed by atoms with van der Waals surface area (Å²) < 4.78 is 3.80. The van der Waals surface area contributed by atoms with Crippen molar-refractivity contribution in [1.29, 1.82) is 0 Å². The van der Waals surface area contributed by atoms with Crippen molar-refractivity contribution in [3.05, 3.63) is 0 Å². The zero-order chi connectivity index (χ0) is 13.1. The SMILES string of the molecule is [CH3][Ge]([CH]1CCCCC1)([CH]1CCCCC1)[CH]1CCCC1. The monoisotopic (exact) mass is 324 g/mol. The Balaban J connectivity index is 1.79. The number of rotatable bonds is 3. The van der Waals surface area contributed by atoms with Crippen molar-refractivity contribution in [2.45, 2.75) is 110 Å². The summed E-state index contributed by atoms with van der Waals surface area (Å²) in [4.78, 5) is 0. The van der Waals surface area contributed by atoms with Gasteiger partial charge in [-0.3, -0.25) is 0 Å². The van der Waals surface area contributed by atoms with E-state index in [1.54, 1.807) is 89.9 Å². The molecule has 3 rings (SSSR count). The summed E-state index contributed by atoms with van der Waals surface area (Å²) in [6.07, 6.45) is 22.4. The normalized spacial score (nSPS) is 28.9. The first-order valence-electron chi connectivity index (χ1n) is 9.32. The molecule has 0 unspecified atom stereocenters. The van der Waals surface area contributed by atoms with Gasteiger partial charge in [0.1, 0.15) is 0 Å². The van der Waals surface area contributed by atoms with Crippen LogP contribution in [0.15, 0.2) is 0 Å². The van der Waals surface area contributed by atoms with Crippen LogP contribution in [0.1, 0.15) is 89.9 Å². The van der Waals surface area contributed by atoms with Crippen LogP contribution in [0.3, 0.4) is 0 Å². The van der Waals surface area contributed by atoms with E-state index in [-0.39, 0.29) is 0 Å². The Kier molecular flexibility index (Phi) is 4.98. The molecule has 110 valence electrons. The minimum atomic E-state index is -1.62. The van der Waals surface area contributed by atoms with Crippen LogP contribution < -0.4 is 0 Å². The summed E-state index contributed by atoms with van der Waals surface area (Å²) in [6.45, 7) is 0. The molecule has 1 heteroatoms. The zero-order valence-electron chi connectivity index (χ0n) is 13.1. The third kappa shape index (κ3) is 2.94. The summed E-state index contributed by atoms with van der Waals surface area (Å²) in [6, 6.07) is 0. The molecule has 0 amide bonds. The molecule has 0 nitrogen and oxygen atoms in total. The third-order valence-electron chi connectivity index (χ3n) is 7.20. The molecule has 0 atom stereocenters. The number of hydrogen-bond acceptors (Lipinski definition) is 0. The van der Waals surface area contributed by atoms with Crippen LogP contribution in [0, 0.1) is 0 Å². The molecular weight excluding hydrogens is 289 g/mol. The van der Waals surface area contributed by atoms with Crippen LogP contribution in [0.5, 0.6) is 0 Å². The van der Waals surface area contributed by atoms with E-state index >= 15 is 0 Å². The summed E-state index contributed by atoms with van der Waals surface area (Å²) >= 11 is -1.62. The molecule has 0 aromatic rings. The maximum absolute atomic E-state index is 2.93. The maximum atomic E-state index is 2.93. The first kappa shape index (κ1) is 14.5. The molecule has 0 bridgehead atoms. The first-order chi connectivity index (χ1) is 9.32. The Morgan fingerprint density at radius 3 is 1.05 bits per heavy atom. The second-order valence-electron chi connectivity index (χ2n) is 8.02. The van der Waals surface area contributed by atoms with Crippen molar-refractivity contribution in [2.24, 2.45) is 0 Å². The quantitative estimate of drug-likeness (QED) is 0.508. The molecule has 3 aliphatic carbocycles. The molecule has 0 aliphatic heterocycles. The average molecular weight is 323 g/mol. The van der Waals surface area contributed by atoms with Gasteiger partial charge in [-0.05, 0) is 0 Å². The molecular formula is C18H34Ge. The van der Waals surface area contributed by atoms with Gasteiger partial charge < -0.3 is 0 Å². The van der Waals surface area contributed by atoms with E-state index in [9.17, 15) is 0 Å². The fourth-order valence-electron chi connectivity index (χ4n) is 6.00. The van der Waals surface area contributed by atoms with Gasteiger partial charge in [-0.25, -0.2) is 0 Å². The van der Waals surface area contributed by atoms with Crippen molar-refractivity contribution < 1.29 is 0 Å². The van der Waals surface area contributed by atoms with E-state index in [0.29, 0.717) is 0 Å². The van der Waals surface area contributed by atoms with Gasteiger partial charge in [0.25, 0.3) is 0 Å². The minimum absolute atomic E-state index is 1.26. The second kappa shape index (κ2) is 6.54. The van der Waals surface area contributed by atoms with Gasteiger partial charge in [0.15, 0.2) is 0 Å². The van der Waals surface area contributed by atoms with E-state index in [0.717, 1.165) is 0 Å². The van der Waals surface area contributed by atoms with Crippen LogP contribution in [0.4, 0.5) is 0 Å². The number of hydrogen-bond donors (Lipinski definition) is 0. The predicted octanol–water partition coefficient (Wildman–Crippen LogP) is 6.68. The van der Waals surface area contributed by atoms with Crippen LogP contribution >= 0.6 is 0 Å². The molecule has 0 spiro atoms. The van der Waals surface area contributed by atoms with Crippen molar-refractivity contribution >= 4 is 13.3 Å². The van der Waals surface area contributed by atoms with E-state index in [1.165, 1.54) is 14.3 Å². The van der Waals surface area contributed by atoms with Gasteiger partial charge in [0.05, 0.1) is 0 Å². The van der Waals surface area contributed by atoms with Crippen LogP contribution in [0.2, 0.25) is 20.0 Å². The summed E-state index contributed by atoms with van der Waals surface area (Å²) in [5.41, 5.74) is 0. The van der Waals surface area contributed by atoms with Gasteiger partial charge in [-0.1, -0.05) is 0 Å². The van der Waals surface area contributed by atoms with Crippen molar-refractivity contribution in [1.82, 2.24) is 0 Å². The molecule has 0 aromatic carbocycles. The van der Waals surface area contributed by atoms with Gasteiger partial charge in [-0.2, -0.15) is 0 Å². The molecule has 3 fully saturated rings. The summed E-state index contributed by atoms with van der Waals surface area (Å²) in [5.74, 6) is 2.93. The Morgan fingerprint density at radius 1 is 0.474 bits per heavy atom. The molecule has 0 aromatic heterocycles. The fraction of sp³-hybridized carbons (Fsp3) is 1.00. The fourth-order valence-corrected chi connectivity index (χ4v) is 20.6. The van der Waals surface area contributed by atoms with Crippen molar-refractivity contribution in [3.63, 3.8) is 0 Å². The predicted molar refractivity (Wildman–Crippen MR) is 87.5 cm³/mol. The topological polar surface area (TPSA) is 0 Å². The second-order valence-corrected chi connectivity index (χ2v) is 18.9. The van der Waals surface area contributed by atoms with Crippen molar-refractivity contribution in [2.75, 3.05) is 0 Å². The zero-order valence-corrected chi connectivity index (χ0v) is 15.2. The average Bonchev–Trinajstić information content (AvgIpc) is 3.03. The molecule has 0 radical (unpaired) electrons. The van der Waals surface area contributed by atoms with Gasteiger partial charge in [-0.15, -0.1) is 0 Å². The molecule has 3 aliphatic rings. The van der Waals surface area contributed by atoms with Crippen LogP contribution in [-0.2, 0) is 0 Å². The molecule has 0 saturated heterocycles. The van der Waals surface area contributed by atoms with E-state index in [2.05, 4.69) is 5.76 Å². The molecule has 19 heavy (non-hydrogen) atoms. The Morgan fingerprint density at radius 2 is 0.737 bits per heavy atom. The third-order valence-corrected chi connectivity index (χ3v) is 21.9. The summed E-state index contributed by atoms with van der Waals surface area (Å²) in [7, 11) is 0. The van der Waals surface area contributed by atoms with Gasteiger partial charge in [0.2, 0.25) is 0 Å². The molecule has 0 heterocycles. The Hall–Kier alpha value is 0.543. The van der Waals surface area contributed by atoms with Gasteiger partial charge in [0, 0.05) is 0 Å². The Labute approximate surface area is 123 Å². The van der Waals surface area contributed by atoms with Crippen LogP contribution in [0.25, 0.3) is 0 Å².